The molecule has 1 aliphatic heterocycles. The van der Waals surface area contributed by atoms with Gasteiger partial charge < -0.3 is 0 Å². The van der Waals surface area contributed by atoms with Gasteiger partial charge in [-0.2, -0.15) is 17.9 Å². The Balaban J connectivity index is 1.67. The SMILES string of the molecule is Cc1ccc(S(=O)(=O)N2N=C(c3ccccc3)C[C@]2(NCc2ccccc2)c2ccccc2)cc1. The van der Waals surface area contributed by atoms with E-state index in [0.717, 1.165) is 22.3 Å². The van der Waals surface area contributed by atoms with Crippen LogP contribution in [0, 0.1) is 6.92 Å². The van der Waals surface area contributed by atoms with Crippen molar-refractivity contribution in [2.75, 3.05) is 0 Å². The number of benzene rings is 4. The predicted octanol–water partition coefficient (Wildman–Crippen LogP) is 5.44. The molecule has 0 unspecified atom stereocenters. The largest absolute Gasteiger partial charge is 0.284 e. The molecule has 4 aromatic rings. The van der Waals surface area contributed by atoms with Crippen molar-refractivity contribution in [3.8, 4) is 0 Å². The molecule has 0 radical (unpaired) electrons. The first-order chi connectivity index (χ1) is 17.0. The lowest BCUT2D eigenvalue weighted by molar-refractivity contribution is 0.167. The summed E-state index contributed by atoms with van der Waals surface area (Å²) in [5.74, 6) is 0. The molecule has 6 heteroatoms. The molecule has 0 aromatic heterocycles. The fourth-order valence-electron chi connectivity index (χ4n) is 4.40. The first kappa shape index (κ1) is 23.0. The average Bonchev–Trinajstić information content (AvgIpc) is 3.31. The minimum atomic E-state index is -3.97. The van der Waals surface area contributed by atoms with E-state index in [1.165, 1.54) is 4.41 Å². The minimum Gasteiger partial charge on any atom is -0.284 e. The molecule has 1 N–H and O–H groups in total. The van der Waals surface area contributed by atoms with Crippen molar-refractivity contribution in [2.24, 2.45) is 5.10 Å². The molecule has 0 fully saturated rings. The molecule has 0 saturated heterocycles. The molecule has 0 amide bonds. The Morgan fingerprint density at radius 3 is 2.00 bits per heavy atom. The molecule has 1 atom stereocenters. The second-order valence-corrected chi connectivity index (χ2v) is 10.5. The number of nitrogens with one attached hydrogen (secondary N) is 1. The highest BCUT2D eigenvalue weighted by atomic mass is 32.2. The van der Waals surface area contributed by atoms with Crippen molar-refractivity contribution in [2.45, 2.75) is 30.4 Å². The van der Waals surface area contributed by atoms with Crippen molar-refractivity contribution >= 4 is 15.7 Å². The van der Waals surface area contributed by atoms with Gasteiger partial charge in [0.05, 0.1) is 10.6 Å². The van der Waals surface area contributed by atoms with Crippen LogP contribution in [0.5, 0.6) is 0 Å². The standard InChI is InChI=1S/C29H27N3O2S/c1-23-17-19-27(20-18-23)35(33,34)32-29(26-15-9-4-10-16-26,30-22-24-11-5-2-6-12-24)21-28(31-32)25-13-7-3-8-14-25/h2-20,30H,21-22H2,1H3/t29-/m1/s1. The number of nitrogens with zero attached hydrogens (tertiary/aromatic N) is 2. The van der Waals surface area contributed by atoms with Crippen LogP contribution in [-0.2, 0) is 22.2 Å². The minimum absolute atomic E-state index is 0.211. The summed E-state index contributed by atoms with van der Waals surface area (Å²) < 4.78 is 29.5. The van der Waals surface area contributed by atoms with Crippen molar-refractivity contribution in [3.63, 3.8) is 0 Å². The zero-order valence-electron chi connectivity index (χ0n) is 19.5. The van der Waals surface area contributed by atoms with E-state index in [4.69, 9.17) is 5.10 Å². The number of hydrogen-bond acceptors (Lipinski definition) is 4. The summed E-state index contributed by atoms with van der Waals surface area (Å²) >= 11 is 0. The van der Waals surface area contributed by atoms with Crippen molar-refractivity contribution < 1.29 is 8.42 Å². The molecular formula is C29H27N3O2S. The van der Waals surface area contributed by atoms with E-state index in [1.807, 2.05) is 110 Å². The third-order valence-electron chi connectivity index (χ3n) is 6.29. The highest BCUT2D eigenvalue weighted by Crippen LogP contribution is 2.41. The molecular weight excluding hydrogens is 454 g/mol. The molecule has 0 aliphatic carbocycles. The predicted molar refractivity (Wildman–Crippen MR) is 139 cm³/mol. The third kappa shape index (κ3) is 4.50. The summed E-state index contributed by atoms with van der Waals surface area (Å²) in [5, 5.41) is 8.37. The van der Waals surface area contributed by atoms with Crippen LogP contribution < -0.4 is 5.32 Å². The molecule has 1 aliphatic rings. The Morgan fingerprint density at radius 1 is 0.800 bits per heavy atom. The van der Waals surface area contributed by atoms with Crippen LogP contribution in [0.15, 0.2) is 125 Å². The molecule has 0 spiro atoms. The number of hydrazone groups is 1. The fraction of sp³-hybridized carbons (Fsp3) is 0.138. The number of sulfonamides is 1. The maximum atomic E-state index is 14.1. The first-order valence-electron chi connectivity index (χ1n) is 11.6. The van der Waals surface area contributed by atoms with Crippen LogP contribution in [-0.4, -0.2) is 18.5 Å². The van der Waals surface area contributed by atoms with Gasteiger partial charge in [-0.15, -0.1) is 0 Å². The Hall–Kier alpha value is -3.74. The third-order valence-corrected chi connectivity index (χ3v) is 8.01. The van der Waals surface area contributed by atoms with E-state index in [0.29, 0.717) is 18.7 Å². The highest BCUT2D eigenvalue weighted by Gasteiger charge is 2.50. The summed E-state index contributed by atoms with van der Waals surface area (Å²) in [6.45, 7) is 2.42. The number of rotatable bonds is 7. The lowest BCUT2D eigenvalue weighted by Crippen LogP contribution is -2.53. The van der Waals surface area contributed by atoms with Gasteiger partial charge in [0, 0.05) is 13.0 Å². The molecule has 5 rings (SSSR count). The number of hydrogen-bond donors (Lipinski definition) is 1. The normalized spacial score (nSPS) is 17.9. The van der Waals surface area contributed by atoms with E-state index in [9.17, 15) is 8.42 Å². The quantitative estimate of drug-likeness (QED) is 0.383. The van der Waals surface area contributed by atoms with Crippen molar-refractivity contribution in [3.05, 3.63) is 138 Å². The highest BCUT2D eigenvalue weighted by molar-refractivity contribution is 7.89. The van der Waals surface area contributed by atoms with Gasteiger partial charge in [0.15, 0.2) is 5.66 Å². The van der Waals surface area contributed by atoms with Crippen LogP contribution in [0.25, 0.3) is 0 Å². The van der Waals surface area contributed by atoms with Crippen LogP contribution >= 0.6 is 0 Å². The van der Waals surface area contributed by atoms with Gasteiger partial charge in [-0.25, -0.2) is 0 Å². The van der Waals surface area contributed by atoms with E-state index < -0.39 is 15.7 Å². The molecule has 35 heavy (non-hydrogen) atoms. The van der Waals surface area contributed by atoms with E-state index in [-0.39, 0.29) is 4.90 Å². The van der Waals surface area contributed by atoms with Crippen LogP contribution in [0.3, 0.4) is 0 Å². The average molecular weight is 482 g/mol. The van der Waals surface area contributed by atoms with Gasteiger partial charge in [0.2, 0.25) is 0 Å². The first-order valence-corrected chi connectivity index (χ1v) is 13.0. The second kappa shape index (κ2) is 9.49. The smallest absolute Gasteiger partial charge is 0.281 e. The van der Waals surface area contributed by atoms with Gasteiger partial charge in [0.25, 0.3) is 10.0 Å². The summed E-state index contributed by atoms with van der Waals surface area (Å²) in [7, 11) is -3.97. The molecule has 0 bridgehead atoms. The van der Waals surface area contributed by atoms with Crippen molar-refractivity contribution in [1.82, 2.24) is 9.73 Å². The Labute approximate surface area is 206 Å². The summed E-state index contributed by atoms with van der Waals surface area (Å²) in [6.07, 6.45) is 0.388. The summed E-state index contributed by atoms with van der Waals surface area (Å²) in [5.41, 5.74) is 3.41. The van der Waals surface area contributed by atoms with Gasteiger partial charge in [-0.3, -0.25) is 5.32 Å². The molecule has 0 saturated carbocycles. The van der Waals surface area contributed by atoms with Gasteiger partial charge in [0.1, 0.15) is 0 Å². The van der Waals surface area contributed by atoms with Crippen LogP contribution in [0.2, 0.25) is 0 Å². The lowest BCUT2D eigenvalue weighted by Gasteiger charge is -2.38. The maximum Gasteiger partial charge on any atom is 0.281 e. The van der Waals surface area contributed by atoms with Gasteiger partial charge in [-0.1, -0.05) is 109 Å². The molecule has 5 nitrogen and oxygen atoms in total. The second-order valence-electron chi connectivity index (χ2n) is 8.72. The summed E-state index contributed by atoms with van der Waals surface area (Å²) in [6, 6.07) is 36.4. The Bertz CT molecular complexity index is 1420. The Kier molecular flexibility index (Phi) is 6.24. The van der Waals surface area contributed by atoms with Crippen LogP contribution in [0.4, 0.5) is 0 Å². The topological polar surface area (TPSA) is 61.8 Å². The molecule has 1 heterocycles. The van der Waals surface area contributed by atoms with E-state index >= 15 is 0 Å². The van der Waals surface area contributed by atoms with Crippen molar-refractivity contribution in [1.29, 1.82) is 0 Å². The van der Waals surface area contributed by atoms with E-state index in [1.54, 1.807) is 12.1 Å². The lowest BCUT2D eigenvalue weighted by atomic mass is 9.92. The maximum absolute atomic E-state index is 14.1. The van der Waals surface area contributed by atoms with Gasteiger partial charge >= 0.3 is 0 Å². The van der Waals surface area contributed by atoms with Gasteiger partial charge in [-0.05, 0) is 35.7 Å². The zero-order valence-corrected chi connectivity index (χ0v) is 20.3. The fourth-order valence-corrected chi connectivity index (χ4v) is 5.93. The van der Waals surface area contributed by atoms with Crippen LogP contribution in [0.1, 0.15) is 28.7 Å². The molecule has 176 valence electrons. The monoisotopic (exact) mass is 481 g/mol. The summed E-state index contributed by atoms with van der Waals surface area (Å²) in [4.78, 5) is 0.211. The van der Waals surface area contributed by atoms with E-state index in [2.05, 4.69) is 5.32 Å². The number of aryl methyl sites for hydroxylation is 1. The molecule has 4 aromatic carbocycles. The Morgan fingerprint density at radius 2 is 1.37 bits per heavy atom. The zero-order chi connectivity index (χ0) is 24.3.